The molecule has 1 aliphatic heterocycles. The lowest BCUT2D eigenvalue weighted by Gasteiger charge is -2.15. The van der Waals surface area contributed by atoms with E-state index in [9.17, 15) is 22.8 Å². The van der Waals surface area contributed by atoms with E-state index in [4.69, 9.17) is 14.9 Å². The number of benzene rings is 1. The highest BCUT2D eigenvalue weighted by Crippen LogP contribution is 2.37. The van der Waals surface area contributed by atoms with Crippen molar-refractivity contribution in [1.82, 2.24) is 20.2 Å². The quantitative estimate of drug-likeness (QED) is 0.502. The second kappa shape index (κ2) is 10.1. The van der Waals surface area contributed by atoms with Crippen LogP contribution in [0.4, 0.5) is 13.2 Å². The molecule has 1 saturated heterocycles. The lowest BCUT2D eigenvalue weighted by molar-refractivity contribution is -0.141. The number of methoxy groups -OCH3 is 1. The van der Waals surface area contributed by atoms with Gasteiger partial charge in [0.05, 0.1) is 19.7 Å². The molecule has 0 aliphatic carbocycles. The molecule has 2 aromatic heterocycles. The van der Waals surface area contributed by atoms with E-state index in [-0.39, 0.29) is 46.4 Å². The number of oxazole rings is 1. The molecule has 4 rings (SSSR count). The number of rotatable bonds is 7. The summed E-state index contributed by atoms with van der Waals surface area (Å²) in [5.41, 5.74) is 5.27. The Hall–Kier alpha value is -3.67. The number of nitrogens with zero attached hydrogens (tertiary/aromatic N) is 3. The summed E-state index contributed by atoms with van der Waals surface area (Å²) in [5.74, 6) is -0.595. The molecule has 3 N–H and O–H groups in total. The third-order valence-corrected chi connectivity index (χ3v) is 6.06. The molecule has 0 saturated carbocycles. The fraction of sp³-hybridized carbons (Fsp3) is 0.417. The van der Waals surface area contributed by atoms with Gasteiger partial charge in [0.1, 0.15) is 17.0 Å². The molecule has 12 heteroatoms. The van der Waals surface area contributed by atoms with Crippen LogP contribution < -0.4 is 15.8 Å². The van der Waals surface area contributed by atoms with Crippen LogP contribution in [-0.2, 0) is 11.0 Å². The van der Waals surface area contributed by atoms with E-state index < -0.39 is 23.8 Å². The molecular formula is C24H26F3N5O4. The Kier molecular flexibility index (Phi) is 7.16. The maximum Gasteiger partial charge on any atom is 0.433 e. The number of aromatic nitrogens is 2. The van der Waals surface area contributed by atoms with Crippen molar-refractivity contribution in [3.63, 3.8) is 0 Å². The summed E-state index contributed by atoms with van der Waals surface area (Å²) in [7, 11) is 1.33. The van der Waals surface area contributed by atoms with Gasteiger partial charge in [-0.3, -0.25) is 9.59 Å². The Morgan fingerprint density at radius 3 is 2.56 bits per heavy atom. The van der Waals surface area contributed by atoms with Crippen LogP contribution in [0.5, 0.6) is 5.75 Å². The average molecular weight is 505 g/mol. The lowest BCUT2D eigenvalue weighted by Crippen LogP contribution is -2.39. The topological polar surface area (TPSA) is 124 Å². The summed E-state index contributed by atoms with van der Waals surface area (Å²) in [4.78, 5) is 35.0. The highest BCUT2D eigenvalue weighted by molar-refractivity contribution is 5.99. The second-order valence-corrected chi connectivity index (χ2v) is 8.42. The minimum atomic E-state index is -4.64. The van der Waals surface area contributed by atoms with E-state index in [1.54, 1.807) is 17.9 Å². The van der Waals surface area contributed by atoms with Crippen molar-refractivity contribution < 1.29 is 31.9 Å². The first-order valence-corrected chi connectivity index (χ1v) is 11.5. The monoisotopic (exact) mass is 505 g/mol. The highest BCUT2D eigenvalue weighted by atomic mass is 19.4. The van der Waals surface area contributed by atoms with E-state index in [0.717, 1.165) is 18.9 Å². The van der Waals surface area contributed by atoms with Crippen molar-refractivity contribution in [3.8, 4) is 17.2 Å². The van der Waals surface area contributed by atoms with Gasteiger partial charge in [-0.15, -0.1) is 0 Å². The number of nitrogens with one attached hydrogen (secondary N) is 1. The minimum Gasteiger partial charge on any atom is -0.494 e. The fourth-order valence-electron chi connectivity index (χ4n) is 4.07. The summed E-state index contributed by atoms with van der Waals surface area (Å²) in [6.45, 7) is 2.92. The van der Waals surface area contributed by atoms with Crippen LogP contribution >= 0.6 is 0 Å². The van der Waals surface area contributed by atoms with Crippen LogP contribution in [0.1, 0.15) is 54.2 Å². The molecule has 1 atom stereocenters. The third kappa shape index (κ3) is 4.99. The van der Waals surface area contributed by atoms with Crippen LogP contribution in [0, 0.1) is 0 Å². The zero-order valence-corrected chi connectivity index (χ0v) is 19.8. The van der Waals surface area contributed by atoms with Gasteiger partial charge in [0.2, 0.25) is 11.8 Å². The molecule has 36 heavy (non-hydrogen) atoms. The minimum absolute atomic E-state index is 0.0147. The van der Waals surface area contributed by atoms with Crippen molar-refractivity contribution in [2.75, 3.05) is 26.7 Å². The normalized spacial score (nSPS) is 14.8. The Balaban J connectivity index is 1.72. The van der Waals surface area contributed by atoms with Gasteiger partial charge in [0, 0.05) is 24.0 Å². The molecule has 9 nitrogen and oxygen atoms in total. The van der Waals surface area contributed by atoms with E-state index in [0.29, 0.717) is 25.1 Å². The van der Waals surface area contributed by atoms with Crippen molar-refractivity contribution in [1.29, 1.82) is 0 Å². The number of likely N-dealkylation sites (tertiary alicyclic amines) is 1. The number of carbonyl (C=O) groups excluding carboxylic acids is 2. The van der Waals surface area contributed by atoms with Crippen LogP contribution in [-0.4, -0.2) is 53.4 Å². The van der Waals surface area contributed by atoms with Gasteiger partial charge in [-0.25, -0.2) is 9.97 Å². The van der Waals surface area contributed by atoms with Gasteiger partial charge in [0.25, 0.3) is 5.91 Å². The molecule has 0 bridgehead atoms. The predicted octanol–water partition coefficient (Wildman–Crippen LogP) is 3.68. The Labute approximate surface area is 204 Å². The number of nitrogens with two attached hydrogens (primary N) is 1. The summed E-state index contributed by atoms with van der Waals surface area (Å²) in [6, 6.07) is 4.44. The van der Waals surface area contributed by atoms with Gasteiger partial charge >= 0.3 is 6.18 Å². The standard InChI is InChI=1S/C24H26F3N5O4/c1-3-15(28)21-20(22(34)29-12-18(33)32-10-4-5-11-32)31-23(36-21)14-6-8-16(35-2)19-13(14)7-9-17(30-19)24(25,26)27/h6-9,15H,3-5,10-12,28H2,1-2H3,(H,29,34)/t15-/m0/s1. The molecule has 1 aromatic carbocycles. The lowest BCUT2D eigenvalue weighted by atomic mass is 10.1. The number of ether oxygens (including phenoxy) is 1. The third-order valence-electron chi connectivity index (χ3n) is 6.06. The number of fused-ring (bicyclic) bond motifs is 1. The summed E-state index contributed by atoms with van der Waals surface area (Å²) < 4.78 is 50.9. The number of halogens is 3. The summed E-state index contributed by atoms with van der Waals surface area (Å²) in [5, 5.41) is 2.86. The largest absolute Gasteiger partial charge is 0.494 e. The van der Waals surface area contributed by atoms with Crippen molar-refractivity contribution in [2.24, 2.45) is 5.73 Å². The van der Waals surface area contributed by atoms with Crippen LogP contribution in [0.3, 0.4) is 0 Å². The molecular weight excluding hydrogens is 479 g/mol. The Morgan fingerprint density at radius 2 is 1.92 bits per heavy atom. The fourth-order valence-corrected chi connectivity index (χ4v) is 4.07. The first-order valence-electron chi connectivity index (χ1n) is 11.5. The van der Waals surface area contributed by atoms with Gasteiger partial charge in [-0.2, -0.15) is 13.2 Å². The molecule has 0 spiro atoms. The van der Waals surface area contributed by atoms with E-state index in [1.807, 2.05) is 0 Å². The summed E-state index contributed by atoms with van der Waals surface area (Å²) >= 11 is 0. The molecule has 0 unspecified atom stereocenters. The molecule has 3 aromatic rings. The molecule has 2 amide bonds. The molecule has 1 fully saturated rings. The van der Waals surface area contributed by atoms with E-state index in [1.165, 1.54) is 19.2 Å². The van der Waals surface area contributed by atoms with Gasteiger partial charge in [0.15, 0.2) is 11.5 Å². The summed E-state index contributed by atoms with van der Waals surface area (Å²) in [6.07, 6.45) is -2.35. The van der Waals surface area contributed by atoms with Gasteiger partial charge in [-0.1, -0.05) is 6.92 Å². The number of alkyl halides is 3. The van der Waals surface area contributed by atoms with Crippen LogP contribution in [0.25, 0.3) is 22.4 Å². The Bertz CT molecular complexity index is 1280. The SMILES string of the molecule is CC[C@H](N)c1oc(-c2ccc(OC)c3nc(C(F)(F)F)ccc23)nc1C(=O)NCC(=O)N1CCCC1. The zero-order valence-electron chi connectivity index (χ0n) is 19.8. The highest BCUT2D eigenvalue weighted by Gasteiger charge is 2.33. The second-order valence-electron chi connectivity index (χ2n) is 8.42. The smallest absolute Gasteiger partial charge is 0.433 e. The molecule has 0 radical (unpaired) electrons. The first kappa shape index (κ1) is 25.4. The molecule has 3 heterocycles. The number of pyridine rings is 1. The van der Waals surface area contributed by atoms with E-state index in [2.05, 4.69) is 15.3 Å². The first-order chi connectivity index (χ1) is 17.1. The van der Waals surface area contributed by atoms with Crippen molar-refractivity contribution in [2.45, 2.75) is 38.4 Å². The van der Waals surface area contributed by atoms with E-state index >= 15 is 0 Å². The van der Waals surface area contributed by atoms with Gasteiger partial charge in [-0.05, 0) is 43.5 Å². The number of hydrogen-bond donors (Lipinski definition) is 2. The zero-order chi connectivity index (χ0) is 26.0. The number of carbonyl (C=O) groups is 2. The van der Waals surface area contributed by atoms with Crippen LogP contribution in [0.15, 0.2) is 28.7 Å². The van der Waals surface area contributed by atoms with Crippen molar-refractivity contribution >= 4 is 22.7 Å². The Morgan fingerprint density at radius 1 is 1.19 bits per heavy atom. The van der Waals surface area contributed by atoms with Crippen molar-refractivity contribution in [3.05, 3.63) is 41.4 Å². The van der Waals surface area contributed by atoms with Gasteiger partial charge < -0.3 is 25.1 Å². The predicted molar refractivity (Wildman–Crippen MR) is 124 cm³/mol. The maximum atomic E-state index is 13.3. The molecule has 192 valence electrons. The molecule has 1 aliphatic rings. The van der Waals surface area contributed by atoms with Crippen LogP contribution in [0.2, 0.25) is 0 Å². The number of hydrogen-bond acceptors (Lipinski definition) is 7. The average Bonchev–Trinajstić information content (AvgIpc) is 3.56. The number of amides is 2. The maximum absolute atomic E-state index is 13.3.